The first-order chi connectivity index (χ1) is 8.18. The molecule has 1 saturated carbocycles. The normalized spacial score (nSPS) is 25.2. The van der Waals surface area contributed by atoms with Crippen molar-refractivity contribution in [2.45, 2.75) is 43.1 Å². The summed E-state index contributed by atoms with van der Waals surface area (Å²) in [5, 5.41) is 0.876. The smallest absolute Gasteiger partial charge is 0.0451 e. The van der Waals surface area contributed by atoms with Gasteiger partial charge in [0.25, 0.3) is 0 Å². The van der Waals surface area contributed by atoms with Crippen LogP contribution in [0.1, 0.15) is 31.2 Å². The maximum atomic E-state index is 6.21. The summed E-state index contributed by atoms with van der Waals surface area (Å²) in [5.74, 6) is 0. The van der Waals surface area contributed by atoms with E-state index in [-0.39, 0.29) is 0 Å². The van der Waals surface area contributed by atoms with E-state index in [9.17, 15) is 0 Å². The molecule has 2 rings (SSSR count). The maximum absolute atomic E-state index is 6.21. The van der Waals surface area contributed by atoms with Gasteiger partial charge in [-0.15, -0.1) is 0 Å². The highest BCUT2D eigenvalue weighted by atomic mass is 79.9. The third-order valence-corrected chi connectivity index (χ3v) is 5.03. The van der Waals surface area contributed by atoms with Crippen LogP contribution in [0.4, 0.5) is 0 Å². The van der Waals surface area contributed by atoms with Crippen LogP contribution in [0.2, 0.25) is 5.02 Å². The Hall–Kier alpha value is -0.0500. The van der Waals surface area contributed by atoms with Gasteiger partial charge in [-0.1, -0.05) is 58.6 Å². The Labute approximate surface area is 117 Å². The second kappa shape index (κ2) is 6.21. The van der Waals surface area contributed by atoms with Crippen LogP contribution >= 0.6 is 27.5 Å². The molecule has 2 unspecified atom stereocenters. The van der Waals surface area contributed by atoms with Crippen molar-refractivity contribution in [3.63, 3.8) is 0 Å². The molecule has 0 aromatic heterocycles. The number of halogens is 2. The van der Waals surface area contributed by atoms with E-state index in [4.69, 9.17) is 11.6 Å². The van der Waals surface area contributed by atoms with E-state index in [1.165, 1.54) is 31.2 Å². The number of rotatable bonds is 3. The molecule has 0 spiro atoms. The summed E-state index contributed by atoms with van der Waals surface area (Å²) in [5.41, 5.74) is 1.22. The van der Waals surface area contributed by atoms with Crippen LogP contribution in [0.3, 0.4) is 0 Å². The SMILES string of the molecule is CN(Cc1ccccc1Cl)C1CCCCC1Br. The fourth-order valence-corrected chi connectivity index (χ4v) is 3.76. The topological polar surface area (TPSA) is 3.24 Å². The van der Waals surface area contributed by atoms with Crippen LogP contribution in [0.5, 0.6) is 0 Å². The van der Waals surface area contributed by atoms with Gasteiger partial charge in [0.15, 0.2) is 0 Å². The summed E-state index contributed by atoms with van der Waals surface area (Å²) >= 11 is 10.0. The van der Waals surface area contributed by atoms with E-state index in [1.54, 1.807) is 0 Å². The van der Waals surface area contributed by atoms with Gasteiger partial charge in [-0.25, -0.2) is 0 Å². The van der Waals surface area contributed by atoms with Crippen LogP contribution in [-0.2, 0) is 6.54 Å². The molecule has 94 valence electrons. The Morgan fingerprint density at radius 2 is 2.00 bits per heavy atom. The molecule has 0 radical (unpaired) electrons. The lowest BCUT2D eigenvalue weighted by Gasteiger charge is -2.35. The lowest BCUT2D eigenvalue weighted by molar-refractivity contribution is 0.193. The van der Waals surface area contributed by atoms with Crippen molar-refractivity contribution in [1.29, 1.82) is 0 Å². The van der Waals surface area contributed by atoms with Crippen LogP contribution in [0.15, 0.2) is 24.3 Å². The third kappa shape index (κ3) is 3.46. The van der Waals surface area contributed by atoms with Crippen LogP contribution in [-0.4, -0.2) is 22.8 Å². The van der Waals surface area contributed by atoms with E-state index in [0.29, 0.717) is 10.9 Å². The van der Waals surface area contributed by atoms with E-state index in [0.717, 1.165) is 11.6 Å². The van der Waals surface area contributed by atoms with Crippen molar-refractivity contribution < 1.29 is 0 Å². The quantitative estimate of drug-likeness (QED) is 0.743. The molecule has 1 aromatic carbocycles. The zero-order valence-electron chi connectivity index (χ0n) is 10.2. The Kier molecular flexibility index (Phi) is 4.89. The van der Waals surface area contributed by atoms with Crippen molar-refractivity contribution in [3.8, 4) is 0 Å². The standard InChI is InChI=1S/C14H19BrClN/c1-17(14-9-5-3-7-12(14)15)10-11-6-2-4-8-13(11)16/h2,4,6,8,12,14H,3,5,7,9-10H2,1H3. The average Bonchev–Trinajstić information content (AvgIpc) is 2.32. The number of hydrogen-bond acceptors (Lipinski definition) is 1. The van der Waals surface area contributed by atoms with Gasteiger partial charge >= 0.3 is 0 Å². The zero-order chi connectivity index (χ0) is 12.3. The predicted octanol–water partition coefficient (Wildman–Crippen LogP) is 4.48. The molecule has 17 heavy (non-hydrogen) atoms. The Balaban J connectivity index is 2.01. The van der Waals surface area contributed by atoms with Crippen LogP contribution < -0.4 is 0 Å². The molecule has 1 fully saturated rings. The molecular weight excluding hydrogens is 298 g/mol. The van der Waals surface area contributed by atoms with E-state index in [2.05, 4.69) is 40.0 Å². The molecule has 0 amide bonds. The van der Waals surface area contributed by atoms with Crippen molar-refractivity contribution >= 4 is 27.5 Å². The molecule has 0 aliphatic heterocycles. The van der Waals surface area contributed by atoms with Crippen LogP contribution in [0.25, 0.3) is 0 Å². The lowest BCUT2D eigenvalue weighted by atomic mass is 9.94. The highest BCUT2D eigenvalue weighted by molar-refractivity contribution is 9.09. The molecular formula is C14H19BrClN. The Morgan fingerprint density at radius 3 is 2.71 bits per heavy atom. The molecule has 1 aliphatic rings. The van der Waals surface area contributed by atoms with Gasteiger partial charge in [0.05, 0.1) is 0 Å². The third-order valence-electron chi connectivity index (χ3n) is 3.59. The number of hydrogen-bond donors (Lipinski definition) is 0. The van der Waals surface area contributed by atoms with E-state index >= 15 is 0 Å². The molecule has 2 atom stereocenters. The van der Waals surface area contributed by atoms with Crippen molar-refractivity contribution in [1.82, 2.24) is 4.90 Å². The van der Waals surface area contributed by atoms with Gasteiger partial charge < -0.3 is 0 Å². The van der Waals surface area contributed by atoms with Gasteiger partial charge in [-0.3, -0.25) is 4.90 Å². The highest BCUT2D eigenvalue weighted by Crippen LogP contribution is 2.29. The van der Waals surface area contributed by atoms with Crippen molar-refractivity contribution in [3.05, 3.63) is 34.9 Å². The monoisotopic (exact) mass is 315 g/mol. The minimum atomic E-state index is 0.628. The van der Waals surface area contributed by atoms with Gasteiger partial charge in [-0.2, -0.15) is 0 Å². The average molecular weight is 317 g/mol. The minimum Gasteiger partial charge on any atom is -0.298 e. The summed E-state index contributed by atoms with van der Waals surface area (Å²) in [6, 6.07) is 8.77. The van der Waals surface area contributed by atoms with Gasteiger partial charge in [0, 0.05) is 22.4 Å². The molecule has 3 heteroatoms. The first kappa shape index (κ1) is 13.4. The maximum Gasteiger partial charge on any atom is 0.0451 e. The summed E-state index contributed by atoms with van der Waals surface area (Å²) < 4.78 is 0. The van der Waals surface area contributed by atoms with E-state index < -0.39 is 0 Å². The number of benzene rings is 1. The van der Waals surface area contributed by atoms with Gasteiger partial charge in [0.2, 0.25) is 0 Å². The summed E-state index contributed by atoms with van der Waals surface area (Å²) in [6.07, 6.45) is 5.28. The zero-order valence-corrected chi connectivity index (χ0v) is 12.5. The van der Waals surface area contributed by atoms with Gasteiger partial charge in [0.1, 0.15) is 0 Å². The van der Waals surface area contributed by atoms with Crippen molar-refractivity contribution in [2.24, 2.45) is 0 Å². The molecule has 0 bridgehead atoms. The first-order valence-electron chi connectivity index (χ1n) is 6.26. The molecule has 1 nitrogen and oxygen atoms in total. The molecule has 0 heterocycles. The molecule has 1 aliphatic carbocycles. The summed E-state index contributed by atoms with van der Waals surface area (Å²) in [4.78, 5) is 3.06. The first-order valence-corrected chi connectivity index (χ1v) is 7.55. The summed E-state index contributed by atoms with van der Waals surface area (Å²) in [7, 11) is 2.20. The van der Waals surface area contributed by atoms with Crippen molar-refractivity contribution in [2.75, 3.05) is 7.05 Å². The van der Waals surface area contributed by atoms with E-state index in [1.807, 2.05) is 12.1 Å². The minimum absolute atomic E-state index is 0.628. The molecule has 0 N–H and O–H groups in total. The Morgan fingerprint density at radius 1 is 1.29 bits per heavy atom. The number of nitrogens with zero attached hydrogens (tertiary/aromatic N) is 1. The molecule has 1 aromatic rings. The Bertz CT molecular complexity index is 369. The fourth-order valence-electron chi connectivity index (χ4n) is 2.58. The van der Waals surface area contributed by atoms with Crippen LogP contribution in [0, 0.1) is 0 Å². The second-order valence-electron chi connectivity index (χ2n) is 4.87. The summed E-state index contributed by atoms with van der Waals surface area (Å²) in [6.45, 7) is 0.937. The number of alkyl halides is 1. The lowest BCUT2D eigenvalue weighted by Crippen LogP contribution is -2.40. The predicted molar refractivity (Wildman–Crippen MR) is 77.9 cm³/mol. The van der Waals surface area contributed by atoms with Gasteiger partial charge in [-0.05, 0) is 31.5 Å². The highest BCUT2D eigenvalue weighted by Gasteiger charge is 2.26. The fraction of sp³-hybridized carbons (Fsp3) is 0.571. The second-order valence-corrected chi connectivity index (χ2v) is 6.46. The molecule has 0 saturated heterocycles. The largest absolute Gasteiger partial charge is 0.298 e.